The van der Waals surface area contributed by atoms with Gasteiger partial charge in [-0.2, -0.15) is 0 Å². The fourth-order valence-electron chi connectivity index (χ4n) is 2.32. The van der Waals surface area contributed by atoms with Crippen molar-refractivity contribution in [3.05, 3.63) is 24.0 Å². The largest absolute Gasteiger partial charge is 0.494 e. The van der Waals surface area contributed by atoms with Crippen LogP contribution in [-0.2, 0) is 9.53 Å². The number of hydrogen-bond acceptors (Lipinski definition) is 4. The summed E-state index contributed by atoms with van der Waals surface area (Å²) in [6.07, 6.45) is 2.64. The molecule has 1 N–H and O–H groups in total. The lowest BCUT2D eigenvalue weighted by atomic mass is 9.68. The summed E-state index contributed by atoms with van der Waals surface area (Å²) in [5.41, 5.74) is 0.180. The van der Waals surface area contributed by atoms with Crippen molar-refractivity contribution in [2.24, 2.45) is 5.41 Å². The smallest absolute Gasteiger partial charge is 0.313 e. The van der Waals surface area contributed by atoms with Crippen LogP contribution in [0, 0.1) is 11.2 Å². The number of hydrogen-bond donors (Lipinski definition) is 1. The molecule has 2 rings (SSSR count). The van der Waals surface area contributed by atoms with Gasteiger partial charge in [0.2, 0.25) is 0 Å². The summed E-state index contributed by atoms with van der Waals surface area (Å²) in [5.74, 6) is -0.412. The van der Waals surface area contributed by atoms with Crippen LogP contribution < -0.4 is 10.1 Å². The molecule has 104 valence electrons. The van der Waals surface area contributed by atoms with E-state index in [9.17, 15) is 9.18 Å². The number of rotatable bonds is 5. The van der Waals surface area contributed by atoms with Crippen molar-refractivity contribution < 1.29 is 18.7 Å². The predicted molar refractivity (Wildman–Crippen MR) is 69.7 cm³/mol. The SMILES string of the molecule is COC(=O)C1(CNc2ccc(OC)c(F)c2)CCC1. The predicted octanol–water partition coefficient (Wildman–Crippen LogP) is 2.59. The monoisotopic (exact) mass is 267 g/mol. The van der Waals surface area contributed by atoms with Gasteiger partial charge in [-0.1, -0.05) is 6.42 Å². The van der Waals surface area contributed by atoms with Gasteiger partial charge in [0.1, 0.15) is 0 Å². The summed E-state index contributed by atoms with van der Waals surface area (Å²) in [6, 6.07) is 4.65. The average molecular weight is 267 g/mol. The standard InChI is InChI=1S/C14H18FNO3/c1-18-12-5-4-10(8-11(12)15)16-9-14(6-3-7-14)13(17)19-2/h4-5,8,16H,3,6-7,9H2,1-2H3. The Balaban J connectivity index is 2.02. The molecular formula is C14H18FNO3. The van der Waals surface area contributed by atoms with Crippen molar-refractivity contribution >= 4 is 11.7 Å². The molecule has 0 unspecified atom stereocenters. The van der Waals surface area contributed by atoms with E-state index in [1.54, 1.807) is 12.1 Å². The van der Waals surface area contributed by atoms with Crippen LogP contribution in [0.25, 0.3) is 0 Å². The third kappa shape index (κ3) is 2.64. The van der Waals surface area contributed by atoms with Crippen molar-refractivity contribution in [3.63, 3.8) is 0 Å². The fraction of sp³-hybridized carbons (Fsp3) is 0.500. The molecular weight excluding hydrogens is 249 g/mol. The molecule has 1 aromatic carbocycles. The van der Waals surface area contributed by atoms with E-state index in [0.29, 0.717) is 12.2 Å². The Bertz CT molecular complexity index is 472. The Labute approximate surface area is 111 Å². The highest BCUT2D eigenvalue weighted by atomic mass is 19.1. The number of esters is 1. The van der Waals surface area contributed by atoms with Gasteiger partial charge in [0.05, 0.1) is 19.6 Å². The van der Waals surface area contributed by atoms with Crippen LogP contribution in [0.5, 0.6) is 5.75 Å². The normalized spacial score (nSPS) is 16.4. The molecule has 0 heterocycles. The molecule has 4 nitrogen and oxygen atoms in total. The van der Waals surface area contributed by atoms with Gasteiger partial charge >= 0.3 is 5.97 Å². The number of carbonyl (C=O) groups is 1. The van der Waals surface area contributed by atoms with Gasteiger partial charge in [0.25, 0.3) is 0 Å². The molecule has 19 heavy (non-hydrogen) atoms. The number of nitrogens with one attached hydrogen (secondary N) is 1. The fourth-order valence-corrected chi connectivity index (χ4v) is 2.32. The van der Waals surface area contributed by atoms with E-state index in [2.05, 4.69) is 5.32 Å². The van der Waals surface area contributed by atoms with Gasteiger partial charge in [-0.3, -0.25) is 4.79 Å². The van der Waals surface area contributed by atoms with Crippen molar-refractivity contribution in [3.8, 4) is 5.75 Å². The van der Waals surface area contributed by atoms with Crippen LogP contribution in [0.3, 0.4) is 0 Å². The van der Waals surface area contributed by atoms with Gasteiger partial charge in [-0.05, 0) is 25.0 Å². The van der Waals surface area contributed by atoms with E-state index in [-0.39, 0.29) is 11.7 Å². The van der Waals surface area contributed by atoms with Crippen LogP contribution in [0.2, 0.25) is 0 Å². The van der Waals surface area contributed by atoms with Crippen LogP contribution in [0.15, 0.2) is 18.2 Å². The minimum absolute atomic E-state index is 0.194. The number of ether oxygens (including phenoxy) is 2. The molecule has 0 aliphatic heterocycles. The molecule has 0 aromatic heterocycles. The molecule has 1 saturated carbocycles. The molecule has 0 spiro atoms. The summed E-state index contributed by atoms with van der Waals surface area (Å²) < 4.78 is 23.2. The summed E-state index contributed by atoms with van der Waals surface area (Å²) in [7, 11) is 2.82. The van der Waals surface area contributed by atoms with Gasteiger partial charge in [-0.25, -0.2) is 4.39 Å². The number of methoxy groups -OCH3 is 2. The first-order valence-electron chi connectivity index (χ1n) is 6.27. The highest BCUT2D eigenvalue weighted by Crippen LogP contribution is 2.42. The zero-order chi connectivity index (χ0) is 13.9. The maximum Gasteiger partial charge on any atom is 0.313 e. The second-order valence-electron chi connectivity index (χ2n) is 4.83. The lowest BCUT2D eigenvalue weighted by molar-refractivity contribution is -0.157. The van der Waals surface area contributed by atoms with E-state index >= 15 is 0 Å². The maximum atomic E-state index is 13.5. The molecule has 1 aliphatic carbocycles. The van der Waals surface area contributed by atoms with Crippen LogP contribution in [0.4, 0.5) is 10.1 Å². The second kappa shape index (κ2) is 5.47. The minimum atomic E-state index is -0.453. The minimum Gasteiger partial charge on any atom is -0.494 e. The van der Waals surface area contributed by atoms with E-state index in [0.717, 1.165) is 19.3 Å². The number of anilines is 1. The molecule has 0 amide bonds. The Hall–Kier alpha value is -1.78. The maximum absolute atomic E-state index is 13.5. The van der Waals surface area contributed by atoms with Gasteiger partial charge in [-0.15, -0.1) is 0 Å². The van der Waals surface area contributed by atoms with Crippen LogP contribution in [-0.4, -0.2) is 26.7 Å². The van der Waals surface area contributed by atoms with E-state index in [4.69, 9.17) is 9.47 Å². The van der Waals surface area contributed by atoms with Gasteiger partial charge < -0.3 is 14.8 Å². The van der Waals surface area contributed by atoms with Crippen LogP contribution in [0.1, 0.15) is 19.3 Å². The topological polar surface area (TPSA) is 47.6 Å². The zero-order valence-corrected chi connectivity index (χ0v) is 11.2. The van der Waals surface area contributed by atoms with Crippen molar-refractivity contribution in [2.45, 2.75) is 19.3 Å². The van der Waals surface area contributed by atoms with Crippen molar-refractivity contribution in [1.82, 2.24) is 0 Å². The molecule has 0 radical (unpaired) electrons. The number of halogens is 1. The Morgan fingerprint density at radius 1 is 1.42 bits per heavy atom. The summed E-state index contributed by atoms with van der Waals surface area (Å²) in [4.78, 5) is 11.7. The first-order chi connectivity index (χ1) is 9.11. The van der Waals surface area contributed by atoms with Crippen molar-refractivity contribution in [2.75, 3.05) is 26.1 Å². The highest BCUT2D eigenvalue weighted by molar-refractivity contribution is 5.78. The summed E-state index contributed by atoms with van der Waals surface area (Å²) >= 11 is 0. The number of benzene rings is 1. The van der Waals surface area contributed by atoms with Gasteiger partial charge in [0.15, 0.2) is 11.6 Å². The second-order valence-corrected chi connectivity index (χ2v) is 4.83. The van der Waals surface area contributed by atoms with E-state index < -0.39 is 11.2 Å². The van der Waals surface area contributed by atoms with Gasteiger partial charge in [0, 0.05) is 18.3 Å². The first-order valence-corrected chi connectivity index (χ1v) is 6.27. The Kier molecular flexibility index (Phi) is 3.93. The zero-order valence-electron chi connectivity index (χ0n) is 11.2. The molecule has 0 atom stereocenters. The van der Waals surface area contributed by atoms with E-state index in [1.807, 2.05) is 0 Å². The summed E-state index contributed by atoms with van der Waals surface area (Å²) in [5, 5.41) is 3.10. The van der Waals surface area contributed by atoms with Crippen LogP contribution >= 0.6 is 0 Å². The Morgan fingerprint density at radius 2 is 2.16 bits per heavy atom. The highest BCUT2D eigenvalue weighted by Gasteiger charge is 2.45. The lowest BCUT2D eigenvalue weighted by Crippen LogP contribution is -2.44. The molecule has 1 fully saturated rings. The molecule has 1 aliphatic rings. The lowest BCUT2D eigenvalue weighted by Gasteiger charge is -2.39. The average Bonchev–Trinajstić information content (AvgIpc) is 2.37. The Morgan fingerprint density at radius 3 is 2.63 bits per heavy atom. The van der Waals surface area contributed by atoms with E-state index in [1.165, 1.54) is 20.3 Å². The third-order valence-corrected chi connectivity index (χ3v) is 3.71. The first kappa shape index (κ1) is 13.6. The molecule has 1 aromatic rings. The molecule has 0 bridgehead atoms. The summed E-state index contributed by atoms with van der Waals surface area (Å²) in [6.45, 7) is 0.464. The molecule has 0 saturated heterocycles. The third-order valence-electron chi connectivity index (χ3n) is 3.71. The molecule has 5 heteroatoms. The van der Waals surface area contributed by atoms with Crippen molar-refractivity contribution in [1.29, 1.82) is 0 Å². The quantitative estimate of drug-likeness (QED) is 0.833. The number of carbonyl (C=O) groups excluding carboxylic acids is 1.